The van der Waals surface area contributed by atoms with Crippen molar-refractivity contribution in [2.75, 3.05) is 25.8 Å². The van der Waals surface area contributed by atoms with Crippen LogP contribution >= 0.6 is 0 Å². The highest BCUT2D eigenvalue weighted by molar-refractivity contribution is 5.92. The number of rotatable bonds is 8. The van der Waals surface area contributed by atoms with Crippen molar-refractivity contribution in [3.05, 3.63) is 42.5 Å². The third kappa shape index (κ3) is 4.64. The van der Waals surface area contributed by atoms with Gasteiger partial charge < -0.3 is 24.3 Å². The van der Waals surface area contributed by atoms with Gasteiger partial charge in [-0.3, -0.25) is 9.59 Å². The maximum absolute atomic E-state index is 12.1. The highest BCUT2D eigenvalue weighted by Gasteiger charge is 2.19. The Kier molecular flexibility index (Phi) is 6.20. The SMILES string of the molecule is CCOC(=O)CCC(=O)Nc1ccc(-n2nc(OC)nc2-c2ccc3c(c2)OCO3)cc1. The molecule has 0 aliphatic carbocycles. The highest BCUT2D eigenvalue weighted by atomic mass is 16.7. The van der Waals surface area contributed by atoms with Crippen LogP contribution in [0.3, 0.4) is 0 Å². The van der Waals surface area contributed by atoms with Crippen molar-refractivity contribution in [3.63, 3.8) is 0 Å². The number of anilines is 1. The second-order valence-corrected chi connectivity index (χ2v) is 6.80. The molecule has 3 aromatic rings. The van der Waals surface area contributed by atoms with E-state index in [0.29, 0.717) is 29.6 Å². The lowest BCUT2D eigenvalue weighted by Crippen LogP contribution is -2.14. The first-order chi connectivity index (χ1) is 15.6. The standard InChI is InChI=1S/C22H22N4O6/c1-3-30-20(28)11-10-19(27)23-15-5-7-16(8-6-15)26-21(24-22(25-26)29-2)14-4-9-17-18(12-14)32-13-31-17/h4-9,12H,3,10-11,13H2,1-2H3,(H,23,27). The molecule has 2 aromatic carbocycles. The molecular weight excluding hydrogens is 416 g/mol. The lowest BCUT2D eigenvalue weighted by atomic mass is 10.2. The number of nitrogens with zero attached hydrogens (tertiary/aromatic N) is 3. The number of amides is 1. The van der Waals surface area contributed by atoms with Gasteiger partial charge >= 0.3 is 12.0 Å². The number of esters is 1. The zero-order chi connectivity index (χ0) is 22.5. The number of hydrogen-bond acceptors (Lipinski definition) is 8. The van der Waals surface area contributed by atoms with Gasteiger partial charge in [-0.05, 0) is 49.4 Å². The molecule has 0 radical (unpaired) electrons. The molecule has 1 N–H and O–H groups in total. The van der Waals surface area contributed by atoms with E-state index in [1.807, 2.05) is 18.2 Å². The first-order valence-corrected chi connectivity index (χ1v) is 10.0. The Morgan fingerprint density at radius 1 is 1.09 bits per heavy atom. The van der Waals surface area contributed by atoms with E-state index in [0.717, 1.165) is 11.3 Å². The second kappa shape index (κ2) is 9.38. The normalized spacial score (nSPS) is 11.8. The van der Waals surface area contributed by atoms with Crippen LogP contribution in [-0.4, -0.2) is 47.2 Å². The Labute approximate surface area is 184 Å². The van der Waals surface area contributed by atoms with E-state index in [1.165, 1.54) is 7.11 Å². The summed E-state index contributed by atoms with van der Waals surface area (Å²) in [7, 11) is 1.50. The fourth-order valence-electron chi connectivity index (χ4n) is 3.14. The summed E-state index contributed by atoms with van der Waals surface area (Å²) in [6.07, 6.45) is 0.0878. The predicted molar refractivity (Wildman–Crippen MR) is 114 cm³/mol. The van der Waals surface area contributed by atoms with Gasteiger partial charge in [0.15, 0.2) is 17.3 Å². The quantitative estimate of drug-likeness (QED) is 0.534. The van der Waals surface area contributed by atoms with Gasteiger partial charge in [0.05, 0.1) is 25.8 Å². The average Bonchev–Trinajstić information content (AvgIpc) is 3.45. The topological polar surface area (TPSA) is 114 Å². The van der Waals surface area contributed by atoms with Gasteiger partial charge in [-0.1, -0.05) is 0 Å². The first kappa shape index (κ1) is 21.2. The molecule has 1 amide bonds. The van der Waals surface area contributed by atoms with Gasteiger partial charge in [0.2, 0.25) is 12.7 Å². The van der Waals surface area contributed by atoms with Crippen LogP contribution in [0.4, 0.5) is 5.69 Å². The maximum Gasteiger partial charge on any atom is 0.336 e. The number of benzene rings is 2. The van der Waals surface area contributed by atoms with E-state index >= 15 is 0 Å². The van der Waals surface area contributed by atoms with Gasteiger partial charge in [0.1, 0.15) is 0 Å². The molecule has 10 heteroatoms. The molecule has 32 heavy (non-hydrogen) atoms. The zero-order valence-electron chi connectivity index (χ0n) is 17.7. The number of ether oxygens (including phenoxy) is 4. The van der Waals surface area contributed by atoms with Gasteiger partial charge in [0, 0.05) is 17.7 Å². The smallest absolute Gasteiger partial charge is 0.336 e. The van der Waals surface area contributed by atoms with Crippen LogP contribution in [0.5, 0.6) is 17.5 Å². The molecule has 0 fully saturated rings. The largest absolute Gasteiger partial charge is 0.466 e. The summed E-state index contributed by atoms with van der Waals surface area (Å²) in [4.78, 5) is 27.9. The number of methoxy groups -OCH3 is 1. The molecule has 1 aromatic heterocycles. The lowest BCUT2D eigenvalue weighted by molar-refractivity contribution is -0.144. The zero-order valence-corrected chi connectivity index (χ0v) is 17.7. The van der Waals surface area contributed by atoms with Crippen molar-refractivity contribution < 1.29 is 28.5 Å². The molecule has 0 spiro atoms. The van der Waals surface area contributed by atoms with Gasteiger partial charge in [0.25, 0.3) is 0 Å². The molecular formula is C22H22N4O6. The first-order valence-electron chi connectivity index (χ1n) is 10.0. The summed E-state index contributed by atoms with van der Waals surface area (Å²) in [5.74, 6) is 1.21. The summed E-state index contributed by atoms with van der Waals surface area (Å²) < 4.78 is 22.5. The molecule has 0 unspecified atom stereocenters. The molecule has 10 nitrogen and oxygen atoms in total. The molecule has 0 saturated heterocycles. The van der Waals surface area contributed by atoms with Crippen molar-refractivity contribution in [2.24, 2.45) is 0 Å². The molecule has 0 atom stereocenters. The Bertz CT molecular complexity index is 1130. The summed E-state index contributed by atoms with van der Waals surface area (Å²) in [6, 6.07) is 12.8. The minimum absolute atomic E-state index is 0.0371. The van der Waals surface area contributed by atoms with E-state index in [-0.39, 0.29) is 31.6 Å². The number of fused-ring (bicyclic) bond motifs is 1. The Balaban J connectivity index is 1.51. The van der Waals surface area contributed by atoms with E-state index in [2.05, 4.69) is 15.4 Å². The van der Waals surface area contributed by atoms with Crippen molar-refractivity contribution in [1.82, 2.24) is 14.8 Å². The number of hydrogen-bond donors (Lipinski definition) is 1. The minimum atomic E-state index is -0.394. The highest BCUT2D eigenvalue weighted by Crippen LogP contribution is 2.36. The summed E-state index contributed by atoms with van der Waals surface area (Å²) in [5.41, 5.74) is 2.10. The molecule has 2 heterocycles. The summed E-state index contributed by atoms with van der Waals surface area (Å²) in [5, 5.41) is 7.16. The second-order valence-electron chi connectivity index (χ2n) is 6.80. The minimum Gasteiger partial charge on any atom is -0.466 e. The monoisotopic (exact) mass is 438 g/mol. The summed E-state index contributed by atoms with van der Waals surface area (Å²) in [6.45, 7) is 2.20. The third-order valence-corrected chi connectivity index (χ3v) is 4.66. The van der Waals surface area contributed by atoms with Crippen molar-refractivity contribution in [3.8, 4) is 34.6 Å². The van der Waals surface area contributed by atoms with E-state index in [9.17, 15) is 9.59 Å². The molecule has 4 rings (SSSR count). The Hall–Kier alpha value is -4.08. The molecule has 1 aliphatic heterocycles. The molecule has 166 valence electrons. The summed E-state index contributed by atoms with van der Waals surface area (Å²) >= 11 is 0. The Morgan fingerprint density at radius 3 is 2.62 bits per heavy atom. The fourth-order valence-corrected chi connectivity index (χ4v) is 3.14. The van der Waals surface area contributed by atoms with E-state index in [1.54, 1.807) is 35.9 Å². The van der Waals surface area contributed by atoms with Crippen molar-refractivity contribution in [1.29, 1.82) is 0 Å². The third-order valence-electron chi connectivity index (χ3n) is 4.66. The number of aromatic nitrogens is 3. The van der Waals surface area contributed by atoms with Crippen LogP contribution < -0.4 is 19.5 Å². The van der Waals surface area contributed by atoms with Crippen LogP contribution in [0.25, 0.3) is 17.1 Å². The van der Waals surface area contributed by atoms with Gasteiger partial charge in [-0.25, -0.2) is 4.68 Å². The molecule has 0 saturated carbocycles. The van der Waals surface area contributed by atoms with E-state index in [4.69, 9.17) is 18.9 Å². The van der Waals surface area contributed by atoms with Crippen LogP contribution in [-0.2, 0) is 14.3 Å². The number of nitrogens with one attached hydrogen (secondary N) is 1. The van der Waals surface area contributed by atoms with Crippen molar-refractivity contribution in [2.45, 2.75) is 19.8 Å². The molecule has 0 bridgehead atoms. The van der Waals surface area contributed by atoms with E-state index < -0.39 is 5.97 Å². The fraction of sp³-hybridized carbons (Fsp3) is 0.273. The maximum atomic E-state index is 12.1. The lowest BCUT2D eigenvalue weighted by Gasteiger charge is -2.09. The predicted octanol–water partition coefficient (Wildman–Crippen LogP) is 2.95. The van der Waals surface area contributed by atoms with Gasteiger partial charge in [-0.2, -0.15) is 4.98 Å². The average molecular weight is 438 g/mol. The number of carbonyl (C=O) groups is 2. The van der Waals surface area contributed by atoms with Crippen LogP contribution in [0.1, 0.15) is 19.8 Å². The van der Waals surface area contributed by atoms with Crippen molar-refractivity contribution >= 4 is 17.6 Å². The van der Waals surface area contributed by atoms with Crippen LogP contribution in [0.15, 0.2) is 42.5 Å². The van der Waals surface area contributed by atoms with Crippen LogP contribution in [0.2, 0.25) is 0 Å². The number of carbonyl (C=O) groups excluding carboxylic acids is 2. The molecule has 1 aliphatic rings. The Morgan fingerprint density at radius 2 is 1.88 bits per heavy atom. The van der Waals surface area contributed by atoms with Gasteiger partial charge in [-0.15, -0.1) is 5.10 Å². The van der Waals surface area contributed by atoms with Crippen LogP contribution in [0, 0.1) is 0 Å².